The third kappa shape index (κ3) is 4.03. The molecule has 0 aliphatic heterocycles. The number of rotatable bonds is 6. The number of hydrogen-bond donors (Lipinski definition) is 0. The highest BCUT2D eigenvalue weighted by atomic mass is 19.1. The summed E-state index contributed by atoms with van der Waals surface area (Å²) in [5.74, 6) is 1.61. The number of methoxy groups -OCH3 is 1. The summed E-state index contributed by atoms with van der Waals surface area (Å²) in [6, 6.07) is 14.1. The van der Waals surface area contributed by atoms with Crippen LogP contribution in [0.1, 0.15) is 24.4 Å². The minimum Gasteiger partial charge on any atom is -0.497 e. The molecule has 1 heterocycles. The highest BCUT2D eigenvalue weighted by Crippen LogP contribution is 2.23. The molecule has 3 aromatic rings. The zero-order valence-corrected chi connectivity index (χ0v) is 14.4. The molecule has 25 heavy (non-hydrogen) atoms. The predicted octanol–water partition coefficient (Wildman–Crippen LogP) is 4.08. The molecule has 0 fully saturated rings. The van der Waals surface area contributed by atoms with Gasteiger partial charge in [-0.15, -0.1) is 0 Å². The molecule has 0 saturated carbocycles. The van der Waals surface area contributed by atoms with Gasteiger partial charge in [0.15, 0.2) is 0 Å². The molecule has 0 amide bonds. The van der Waals surface area contributed by atoms with Gasteiger partial charge >= 0.3 is 0 Å². The van der Waals surface area contributed by atoms with Crippen molar-refractivity contribution in [2.45, 2.75) is 19.5 Å². The third-order valence-corrected chi connectivity index (χ3v) is 4.21. The number of aromatic nitrogens is 2. The van der Waals surface area contributed by atoms with Gasteiger partial charge in [0.1, 0.15) is 11.6 Å². The maximum absolute atomic E-state index is 13.1. The number of hydrogen-bond acceptors (Lipinski definition) is 5. The molecule has 0 aliphatic rings. The van der Waals surface area contributed by atoms with Crippen LogP contribution in [0.3, 0.4) is 0 Å². The number of benzene rings is 2. The number of nitrogens with zero attached hydrogens (tertiary/aromatic N) is 3. The van der Waals surface area contributed by atoms with Crippen LogP contribution in [0.4, 0.5) is 4.39 Å². The highest BCUT2D eigenvalue weighted by molar-refractivity contribution is 5.55. The zero-order chi connectivity index (χ0) is 17.8. The van der Waals surface area contributed by atoms with Gasteiger partial charge in [0.05, 0.1) is 13.7 Å². The Bertz CT molecular complexity index is 815. The minimum atomic E-state index is -0.236. The Balaban J connectivity index is 1.68. The van der Waals surface area contributed by atoms with E-state index in [1.807, 2.05) is 38.2 Å². The first kappa shape index (κ1) is 17.1. The lowest BCUT2D eigenvalue weighted by Crippen LogP contribution is -2.22. The van der Waals surface area contributed by atoms with Crippen molar-refractivity contribution < 1.29 is 13.7 Å². The Morgan fingerprint density at radius 1 is 1.12 bits per heavy atom. The van der Waals surface area contributed by atoms with Gasteiger partial charge in [0.2, 0.25) is 11.7 Å². The van der Waals surface area contributed by atoms with Gasteiger partial charge in [-0.2, -0.15) is 4.98 Å². The summed E-state index contributed by atoms with van der Waals surface area (Å²) in [6.07, 6.45) is 0. The van der Waals surface area contributed by atoms with Gasteiger partial charge in [-0.3, -0.25) is 4.90 Å². The fourth-order valence-electron chi connectivity index (χ4n) is 2.52. The van der Waals surface area contributed by atoms with Crippen molar-refractivity contribution in [2.24, 2.45) is 0 Å². The molecule has 0 aliphatic carbocycles. The molecule has 0 spiro atoms. The van der Waals surface area contributed by atoms with Crippen molar-refractivity contribution in [1.29, 1.82) is 0 Å². The molecule has 0 radical (unpaired) electrons. The van der Waals surface area contributed by atoms with Gasteiger partial charge < -0.3 is 9.26 Å². The van der Waals surface area contributed by atoms with Crippen LogP contribution in [0, 0.1) is 5.82 Å². The van der Waals surface area contributed by atoms with E-state index >= 15 is 0 Å². The Kier molecular flexibility index (Phi) is 5.09. The summed E-state index contributed by atoms with van der Waals surface area (Å²) < 4.78 is 23.6. The molecule has 1 atom stereocenters. The van der Waals surface area contributed by atoms with Crippen molar-refractivity contribution >= 4 is 0 Å². The van der Waals surface area contributed by atoms with E-state index in [9.17, 15) is 4.39 Å². The van der Waals surface area contributed by atoms with E-state index in [1.54, 1.807) is 19.2 Å². The van der Waals surface area contributed by atoms with Gasteiger partial charge in [-0.25, -0.2) is 4.39 Å². The fraction of sp³-hybridized carbons (Fsp3) is 0.263. The van der Waals surface area contributed by atoms with E-state index in [-0.39, 0.29) is 11.9 Å². The van der Waals surface area contributed by atoms with Crippen molar-refractivity contribution in [3.63, 3.8) is 0 Å². The summed E-state index contributed by atoms with van der Waals surface area (Å²) in [5.41, 5.74) is 1.89. The molecule has 6 heteroatoms. The average molecular weight is 341 g/mol. The van der Waals surface area contributed by atoms with Crippen LogP contribution >= 0.6 is 0 Å². The van der Waals surface area contributed by atoms with Crippen LogP contribution < -0.4 is 4.74 Å². The van der Waals surface area contributed by atoms with E-state index < -0.39 is 0 Å². The summed E-state index contributed by atoms with van der Waals surface area (Å²) in [7, 11) is 3.59. The highest BCUT2D eigenvalue weighted by Gasteiger charge is 2.16. The van der Waals surface area contributed by atoms with Crippen LogP contribution in [-0.4, -0.2) is 29.2 Å². The van der Waals surface area contributed by atoms with Crippen LogP contribution in [0.2, 0.25) is 0 Å². The Morgan fingerprint density at radius 3 is 2.44 bits per heavy atom. The summed E-state index contributed by atoms with van der Waals surface area (Å²) in [4.78, 5) is 6.51. The lowest BCUT2D eigenvalue weighted by molar-refractivity contribution is 0.216. The topological polar surface area (TPSA) is 51.4 Å². The largest absolute Gasteiger partial charge is 0.497 e. The van der Waals surface area contributed by atoms with Gasteiger partial charge in [0.25, 0.3) is 0 Å². The Labute approximate surface area is 146 Å². The smallest absolute Gasteiger partial charge is 0.241 e. The standard InChI is InChI=1S/C19H20FN3O2/c1-13(14-4-8-16(20)9-5-14)23(2)12-18-21-19(22-25-18)15-6-10-17(24-3)11-7-15/h4-11,13H,12H2,1-3H3. The molecule has 5 nitrogen and oxygen atoms in total. The first-order valence-corrected chi connectivity index (χ1v) is 7.99. The Morgan fingerprint density at radius 2 is 1.80 bits per heavy atom. The quantitative estimate of drug-likeness (QED) is 0.676. The van der Waals surface area contributed by atoms with Crippen molar-refractivity contribution in [3.05, 3.63) is 65.8 Å². The lowest BCUT2D eigenvalue weighted by atomic mass is 10.1. The van der Waals surface area contributed by atoms with E-state index in [0.29, 0.717) is 18.3 Å². The first-order chi connectivity index (χ1) is 12.1. The van der Waals surface area contributed by atoms with E-state index in [4.69, 9.17) is 9.26 Å². The maximum Gasteiger partial charge on any atom is 0.241 e. The predicted molar refractivity (Wildman–Crippen MR) is 92.6 cm³/mol. The molecule has 130 valence electrons. The molecule has 0 saturated heterocycles. The minimum absolute atomic E-state index is 0.0944. The average Bonchev–Trinajstić information content (AvgIpc) is 3.10. The number of ether oxygens (including phenoxy) is 1. The van der Waals surface area contributed by atoms with Crippen LogP contribution in [-0.2, 0) is 6.54 Å². The first-order valence-electron chi connectivity index (χ1n) is 7.99. The molecule has 1 aromatic heterocycles. The third-order valence-electron chi connectivity index (χ3n) is 4.21. The van der Waals surface area contributed by atoms with E-state index in [1.165, 1.54) is 12.1 Å². The molecule has 1 unspecified atom stereocenters. The maximum atomic E-state index is 13.1. The van der Waals surface area contributed by atoms with Crippen molar-refractivity contribution in [2.75, 3.05) is 14.2 Å². The molecule has 3 rings (SSSR count). The molecule has 0 bridgehead atoms. The summed E-state index contributed by atoms with van der Waals surface area (Å²) >= 11 is 0. The van der Waals surface area contributed by atoms with Crippen molar-refractivity contribution in [3.8, 4) is 17.1 Å². The van der Waals surface area contributed by atoms with Crippen molar-refractivity contribution in [1.82, 2.24) is 15.0 Å². The van der Waals surface area contributed by atoms with Crippen LogP contribution in [0.25, 0.3) is 11.4 Å². The van der Waals surface area contributed by atoms with Crippen LogP contribution in [0.5, 0.6) is 5.75 Å². The van der Waals surface area contributed by atoms with E-state index in [2.05, 4.69) is 15.0 Å². The Hall–Kier alpha value is -2.73. The van der Waals surface area contributed by atoms with Crippen LogP contribution in [0.15, 0.2) is 53.1 Å². The fourth-order valence-corrected chi connectivity index (χ4v) is 2.52. The second-order valence-electron chi connectivity index (χ2n) is 5.88. The van der Waals surface area contributed by atoms with E-state index in [0.717, 1.165) is 16.9 Å². The normalized spacial score (nSPS) is 12.4. The molecular weight excluding hydrogens is 321 g/mol. The zero-order valence-electron chi connectivity index (χ0n) is 14.4. The second kappa shape index (κ2) is 7.44. The van der Waals surface area contributed by atoms with Gasteiger partial charge in [-0.05, 0) is 55.9 Å². The summed E-state index contributed by atoms with van der Waals surface area (Å²) in [5, 5.41) is 4.04. The SMILES string of the molecule is COc1ccc(-c2noc(CN(C)C(C)c3ccc(F)cc3)n2)cc1. The molecular formula is C19H20FN3O2. The monoisotopic (exact) mass is 341 g/mol. The summed E-state index contributed by atoms with van der Waals surface area (Å²) in [6.45, 7) is 2.55. The molecule has 2 aromatic carbocycles. The molecule has 0 N–H and O–H groups in total. The lowest BCUT2D eigenvalue weighted by Gasteiger charge is -2.23. The van der Waals surface area contributed by atoms with Gasteiger partial charge in [-0.1, -0.05) is 17.3 Å². The van der Waals surface area contributed by atoms with Gasteiger partial charge in [0, 0.05) is 11.6 Å². The number of halogens is 1. The second-order valence-corrected chi connectivity index (χ2v) is 5.88.